The number of hydrogen-bond acceptors (Lipinski definition) is 4. The minimum absolute atomic E-state index is 0.350. The van der Waals surface area contributed by atoms with Crippen LogP contribution < -0.4 is 5.11 Å². The maximum atomic E-state index is 10.3. The predicted molar refractivity (Wildman–Crippen MR) is 42.9 cm³/mol. The van der Waals surface area contributed by atoms with Crippen LogP contribution >= 0.6 is 11.3 Å². The Labute approximate surface area is 73.2 Å². The molecule has 60 valence electrons. The SMILES string of the molecule is N#CC(=Cc1cccs1)C(=O)[O-]. The van der Waals surface area contributed by atoms with Crippen LogP contribution in [0.4, 0.5) is 0 Å². The Morgan fingerprint density at radius 2 is 2.50 bits per heavy atom. The second kappa shape index (κ2) is 3.69. The summed E-state index contributed by atoms with van der Waals surface area (Å²) in [5.74, 6) is -1.44. The summed E-state index contributed by atoms with van der Waals surface area (Å²) < 4.78 is 0. The summed E-state index contributed by atoms with van der Waals surface area (Å²) in [4.78, 5) is 11.0. The van der Waals surface area contributed by atoms with Crippen LogP contribution in [0.25, 0.3) is 6.08 Å². The lowest BCUT2D eigenvalue weighted by atomic mass is 10.2. The van der Waals surface area contributed by atoms with E-state index in [-0.39, 0.29) is 5.57 Å². The molecular weight excluding hydrogens is 174 g/mol. The molecule has 0 fully saturated rings. The fraction of sp³-hybridized carbons (Fsp3) is 0. The molecule has 0 aliphatic carbocycles. The van der Waals surface area contributed by atoms with Crippen molar-refractivity contribution in [2.45, 2.75) is 0 Å². The molecule has 0 aliphatic heterocycles. The number of carbonyl (C=O) groups excluding carboxylic acids is 1. The number of carboxylic acids is 1. The van der Waals surface area contributed by atoms with E-state index in [0.717, 1.165) is 4.88 Å². The van der Waals surface area contributed by atoms with Crippen LogP contribution in [0.2, 0.25) is 0 Å². The number of rotatable bonds is 2. The maximum Gasteiger partial charge on any atom is 0.101 e. The van der Waals surface area contributed by atoms with Crippen LogP contribution in [0.3, 0.4) is 0 Å². The molecule has 0 atom stereocenters. The van der Waals surface area contributed by atoms with Gasteiger partial charge in [-0.15, -0.1) is 11.3 Å². The minimum atomic E-state index is -1.44. The Morgan fingerprint density at radius 3 is 2.92 bits per heavy atom. The molecule has 1 aromatic heterocycles. The van der Waals surface area contributed by atoms with Gasteiger partial charge < -0.3 is 9.90 Å². The summed E-state index contributed by atoms with van der Waals surface area (Å²) in [7, 11) is 0. The van der Waals surface area contributed by atoms with Crippen molar-refractivity contribution >= 4 is 23.4 Å². The van der Waals surface area contributed by atoms with Crippen LogP contribution in [-0.4, -0.2) is 5.97 Å². The van der Waals surface area contributed by atoms with Gasteiger partial charge in [0.25, 0.3) is 0 Å². The van der Waals surface area contributed by atoms with Gasteiger partial charge >= 0.3 is 0 Å². The predicted octanol–water partition coefficient (Wildman–Crippen LogP) is 0.405. The highest BCUT2D eigenvalue weighted by atomic mass is 32.1. The summed E-state index contributed by atoms with van der Waals surface area (Å²) in [6.07, 6.45) is 1.29. The third-order valence-electron chi connectivity index (χ3n) is 1.17. The first-order valence-electron chi connectivity index (χ1n) is 3.10. The van der Waals surface area contributed by atoms with Gasteiger partial charge in [0.2, 0.25) is 0 Å². The Hall–Kier alpha value is -1.60. The summed E-state index contributed by atoms with van der Waals surface area (Å²) in [5.41, 5.74) is -0.350. The average molecular weight is 178 g/mol. The summed E-state index contributed by atoms with van der Waals surface area (Å²) >= 11 is 1.37. The zero-order chi connectivity index (χ0) is 8.97. The van der Waals surface area contributed by atoms with E-state index in [0.29, 0.717) is 0 Å². The van der Waals surface area contributed by atoms with Gasteiger partial charge in [-0.3, -0.25) is 0 Å². The number of hydrogen-bond donors (Lipinski definition) is 0. The number of carbonyl (C=O) groups is 1. The molecule has 0 aliphatic rings. The van der Waals surface area contributed by atoms with Crippen molar-refractivity contribution in [1.82, 2.24) is 0 Å². The van der Waals surface area contributed by atoms with E-state index < -0.39 is 5.97 Å². The van der Waals surface area contributed by atoms with E-state index in [1.54, 1.807) is 23.6 Å². The van der Waals surface area contributed by atoms with E-state index >= 15 is 0 Å². The lowest BCUT2D eigenvalue weighted by Gasteiger charge is -1.95. The fourth-order valence-electron chi connectivity index (χ4n) is 0.652. The molecule has 0 saturated heterocycles. The highest BCUT2D eigenvalue weighted by Crippen LogP contribution is 2.12. The molecule has 0 saturated carbocycles. The van der Waals surface area contributed by atoms with Crippen LogP contribution in [0.15, 0.2) is 23.1 Å². The quantitative estimate of drug-likeness (QED) is 0.486. The second-order valence-electron chi connectivity index (χ2n) is 1.97. The smallest absolute Gasteiger partial charge is 0.101 e. The van der Waals surface area contributed by atoms with Crippen molar-refractivity contribution in [2.24, 2.45) is 0 Å². The first-order valence-corrected chi connectivity index (χ1v) is 3.98. The van der Waals surface area contributed by atoms with Gasteiger partial charge in [-0.2, -0.15) is 5.26 Å². The average Bonchev–Trinajstić information content (AvgIpc) is 2.51. The van der Waals surface area contributed by atoms with Crippen molar-refractivity contribution in [3.63, 3.8) is 0 Å². The summed E-state index contributed by atoms with van der Waals surface area (Å²) in [6.45, 7) is 0. The van der Waals surface area contributed by atoms with Gasteiger partial charge in [-0.05, 0) is 17.5 Å². The van der Waals surface area contributed by atoms with E-state index in [2.05, 4.69) is 0 Å². The van der Waals surface area contributed by atoms with Crippen molar-refractivity contribution in [3.05, 3.63) is 28.0 Å². The molecule has 0 amide bonds. The van der Waals surface area contributed by atoms with Crippen LogP contribution in [0, 0.1) is 11.3 Å². The minimum Gasteiger partial charge on any atom is -0.544 e. The molecule has 0 aromatic carbocycles. The molecule has 1 heterocycles. The molecule has 0 unspecified atom stereocenters. The Morgan fingerprint density at radius 1 is 1.75 bits per heavy atom. The molecule has 12 heavy (non-hydrogen) atoms. The van der Waals surface area contributed by atoms with Gasteiger partial charge in [0.15, 0.2) is 0 Å². The molecule has 0 bridgehead atoms. The largest absolute Gasteiger partial charge is 0.544 e. The molecule has 0 N–H and O–H groups in total. The van der Waals surface area contributed by atoms with E-state index in [1.165, 1.54) is 17.4 Å². The van der Waals surface area contributed by atoms with Gasteiger partial charge in [0.05, 0.1) is 11.5 Å². The van der Waals surface area contributed by atoms with Gasteiger partial charge in [-0.1, -0.05) is 6.07 Å². The lowest BCUT2D eigenvalue weighted by molar-refractivity contribution is -0.298. The van der Waals surface area contributed by atoms with E-state index in [9.17, 15) is 9.90 Å². The van der Waals surface area contributed by atoms with Crippen molar-refractivity contribution in [3.8, 4) is 6.07 Å². The molecule has 1 rings (SSSR count). The molecule has 0 spiro atoms. The Bertz CT molecular complexity index is 346. The molecular formula is C8H4NO2S-. The Balaban J connectivity index is 2.95. The highest BCUT2D eigenvalue weighted by molar-refractivity contribution is 7.10. The van der Waals surface area contributed by atoms with Gasteiger partial charge in [-0.25, -0.2) is 0 Å². The first-order chi connectivity index (χ1) is 5.74. The zero-order valence-corrected chi connectivity index (χ0v) is 6.80. The van der Waals surface area contributed by atoms with Crippen LogP contribution in [0.5, 0.6) is 0 Å². The number of nitrogens with zero attached hydrogens (tertiary/aromatic N) is 1. The summed E-state index contributed by atoms with van der Waals surface area (Å²) in [5, 5.41) is 20.4. The van der Waals surface area contributed by atoms with Crippen molar-refractivity contribution < 1.29 is 9.90 Å². The molecule has 0 radical (unpaired) electrons. The fourth-order valence-corrected chi connectivity index (χ4v) is 1.31. The van der Waals surface area contributed by atoms with Gasteiger partial charge in [0.1, 0.15) is 6.07 Å². The maximum absolute atomic E-state index is 10.3. The first kappa shape index (κ1) is 8.50. The molecule has 4 heteroatoms. The number of carboxylic acid groups (broad SMARTS) is 1. The monoisotopic (exact) mass is 178 g/mol. The normalized spacial score (nSPS) is 10.8. The van der Waals surface area contributed by atoms with E-state index in [1.807, 2.05) is 0 Å². The Kier molecular flexibility index (Phi) is 2.62. The number of thiophene rings is 1. The second-order valence-corrected chi connectivity index (χ2v) is 2.95. The van der Waals surface area contributed by atoms with Crippen molar-refractivity contribution in [2.75, 3.05) is 0 Å². The number of nitriles is 1. The summed E-state index contributed by atoms with van der Waals surface area (Å²) in [6, 6.07) is 5.05. The van der Waals surface area contributed by atoms with Crippen LogP contribution in [0.1, 0.15) is 4.88 Å². The lowest BCUT2D eigenvalue weighted by Crippen LogP contribution is -2.23. The van der Waals surface area contributed by atoms with Crippen LogP contribution in [-0.2, 0) is 4.79 Å². The third-order valence-corrected chi connectivity index (χ3v) is 1.99. The highest BCUT2D eigenvalue weighted by Gasteiger charge is 1.96. The third kappa shape index (κ3) is 1.94. The zero-order valence-electron chi connectivity index (χ0n) is 5.98. The van der Waals surface area contributed by atoms with Gasteiger partial charge in [0, 0.05) is 4.88 Å². The number of aliphatic carboxylic acids is 1. The standard InChI is InChI=1S/C8H5NO2S/c9-5-6(8(10)11)4-7-2-1-3-12-7/h1-4H,(H,10,11)/p-1. The van der Waals surface area contributed by atoms with Crippen molar-refractivity contribution in [1.29, 1.82) is 5.26 Å². The van der Waals surface area contributed by atoms with E-state index in [4.69, 9.17) is 5.26 Å². The molecule has 1 aromatic rings. The topological polar surface area (TPSA) is 63.9 Å². The molecule has 3 nitrogen and oxygen atoms in total.